The van der Waals surface area contributed by atoms with Crippen LogP contribution in [0.5, 0.6) is 17.2 Å². The molecule has 0 radical (unpaired) electrons. The maximum absolute atomic E-state index is 13.2. The van der Waals surface area contributed by atoms with Gasteiger partial charge in [0.2, 0.25) is 5.75 Å². The van der Waals surface area contributed by atoms with Gasteiger partial charge in [0.25, 0.3) is 11.8 Å². The van der Waals surface area contributed by atoms with Gasteiger partial charge in [-0.2, -0.15) is 0 Å². The first-order chi connectivity index (χ1) is 15.2. The molecule has 0 heterocycles. The first-order valence-electron chi connectivity index (χ1n) is 9.32. The zero-order valence-corrected chi connectivity index (χ0v) is 17.9. The van der Waals surface area contributed by atoms with Crippen LogP contribution in [0.15, 0.2) is 42.1 Å². The number of rotatable bonds is 9. The summed E-state index contributed by atoms with van der Waals surface area (Å²) in [6.07, 6.45) is 1.29. The van der Waals surface area contributed by atoms with E-state index in [2.05, 4.69) is 10.6 Å². The molecule has 0 aliphatic carbocycles. The monoisotopic (exact) mass is 446 g/mol. The van der Waals surface area contributed by atoms with Crippen molar-refractivity contribution in [2.75, 3.05) is 21.3 Å². The van der Waals surface area contributed by atoms with Gasteiger partial charge in [0.15, 0.2) is 11.5 Å². The van der Waals surface area contributed by atoms with E-state index in [1.54, 1.807) is 0 Å². The standard InChI is InChI=1S/C22H23FN2O7/c1-12(22(28)29)24-21(27)16(9-13-5-7-15(23)8-6-13)25-20(26)14-10-17(30-2)19(32-4)18(11-14)31-3/h5-12H,1-4H3,(H,24,27)(H,25,26)(H,28,29)/b16-9+. The lowest BCUT2D eigenvalue weighted by molar-refractivity contribution is -0.140. The van der Waals surface area contributed by atoms with Crippen LogP contribution in [0, 0.1) is 5.82 Å². The van der Waals surface area contributed by atoms with Crippen LogP contribution in [0.1, 0.15) is 22.8 Å². The number of methoxy groups -OCH3 is 3. The Morgan fingerprint density at radius 3 is 2.03 bits per heavy atom. The molecule has 170 valence electrons. The Labute approximate surface area is 183 Å². The Kier molecular flexibility index (Phi) is 8.17. The normalized spacial score (nSPS) is 11.8. The summed E-state index contributed by atoms with van der Waals surface area (Å²) in [7, 11) is 4.19. The van der Waals surface area contributed by atoms with Crippen molar-refractivity contribution >= 4 is 23.9 Å². The topological polar surface area (TPSA) is 123 Å². The number of aliphatic carboxylic acids is 1. The second kappa shape index (κ2) is 10.8. The maximum Gasteiger partial charge on any atom is 0.325 e. The Balaban J connectivity index is 2.42. The molecule has 10 heteroatoms. The maximum atomic E-state index is 13.2. The van der Waals surface area contributed by atoms with Crippen LogP contribution < -0.4 is 24.8 Å². The van der Waals surface area contributed by atoms with Gasteiger partial charge in [0.1, 0.15) is 17.6 Å². The number of halogens is 1. The number of carbonyl (C=O) groups is 3. The Bertz CT molecular complexity index is 1010. The highest BCUT2D eigenvalue weighted by molar-refractivity contribution is 6.06. The molecule has 2 amide bonds. The Morgan fingerprint density at radius 2 is 1.56 bits per heavy atom. The molecule has 2 aromatic rings. The molecule has 3 N–H and O–H groups in total. The molecule has 0 spiro atoms. The van der Waals surface area contributed by atoms with Crippen LogP contribution in [0.3, 0.4) is 0 Å². The van der Waals surface area contributed by atoms with Gasteiger partial charge in [0.05, 0.1) is 21.3 Å². The van der Waals surface area contributed by atoms with E-state index in [1.165, 1.54) is 70.7 Å². The number of nitrogens with one attached hydrogen (secondary N) is 2. The van der Waals surface area contributed by atoms with Gasteiger partial charge in [0, 0.05) is 5.56 Å². The van der Waals surface area contributed by atoms with E-state index in [1.807, 2.05) is 0 Å². The molecule has 9 nitrogen and oxygen atoms in total. The highest BCUT2D eigenvalue weighted by Crippen LogP contribution is 2.38. The summed E-state index contributed by atoms with van der Waals surface area (Å²) < 4.78 is 28.9. The molecule has 32 heavy (non-hydrogen) atoms. The molecule has 2 rings (SSSR count). The zero-order chi connectivity index (χ0) is 23.8. The molecule has 1 atom stereocenters. The number of hydrogen-bond donors (Lipinski definition) is 3. The second-order valence-corrected chi connectivity index (χ2v) is 6.51. The molecule has 0 fully saturated rings. The van der Waals surface area contributed by atoms with E-state index >= 15 is 0 Å². The van der Waals surface area contributed by atoms with Crippen LogP contribution in [-0.4, -0.2) is 50.3 Å². The quantitative estimate of drug-likeness (QED) is 0.505. The zero-order valence-electron chi connectivity index (χ0n) is 17.9. The molecule has 0 saturated carbocycles. The molecular formula is C22H23FN2O7. The Hall–Kier alpha value is -4.08. The molecule has 0 aliphatic rings. The lowest BCUT2D eigenvalue weighted by atomic mass is 10.1. The molecule has 1 unspecified atom stereocenters. The van der Waals surface area contributed by atoms with Crippen molar-refractivity contribution in [3.8, 4) is 17.2 Å². The van der Waals surface area contributed by atoms with Crippen molar-refractivity contribution < 1.29 is 38.1 Å². The van der Waals surface area contributed by atoms with E-state index in [9.17, 15) is 18.8 Å². The van der Waals surface area contributed by atoms with Crippen LogP contribution >= 0.6 is 0 Å². The second-order valence-electron chi connectivity index (χ2n) is 6.51. The van der Waals surface area contributed by atoms with Crippen LogP contribution in [0.25, 0.3) is 6.08 Å². The smallest absolute Gasteiger partial charge is 0.325 e. The predicted octanol–water partition coefficient (Wildman–Crippen LogP) is 2.21. The van der Waals surface area contributed by atoms with Crippen molar-refractivity contribution in [2.45, 2.75) is 13.0 Å². The third-order valence-electron chi connectivity index (χ3n) is 4.32. The summed E-state index contributed by atoms with van der Waals surface area (Å²) in [5.41, 5.74) is 0.247. The van der Waals surface area contributed by atoms with Crippen LogP contribution in [0.4, 0.5) is 4.39 Å². The van der Waals surface area contributed by atoms with Crippen molar-refractivity contribution in [2.24, 2.45) is 0 Å². The van der Waals surface area contributed by atoms with Gasteiger partial charge in [-0.25, -0.2) is 4.39 Å². The largest absolute Gasteiger partial charge is 0.493 e. The molecule has 2 aromatic carbocycles. The summed E-state index contributed by atoms with van der Waals surface area (Å²) >= 11 is 0. The fraction of sp³-hybridized carbons (Fsp3) is 0.227. The van der Waals surface area contributed by atoms with Gasteiger partial charge in [-0.05, 0) is 42.8 Å². The van der Waals surface area contributed by atoms with E-state index in [0.717, 1.165) is 0 Å². The van der Waals surface area contributed by atoms with E-state index in [4.69, 9.17) is 19.3 Å². The number of carbonyl (C=O) groups excluding carboxylic acids is 2. The number of amides is 2. The Morgan fingerprint density at radius 1 is 1.00 bits per heavy atom. The van der Waals surface area contributed by atoms with Gasteiger partial charge >= 0.3 is 5.97 Å². The summed E-state index contributed by atoms with van der Waals surface area (Å²) in [5.74, 6) is -2.54. The summed E-state index contributed by atoms with van der Waals surface area (Å²) in [5, 5.41) is 13.8. The van der Waals surface area contributed by atoms with Crippen molar-refractivity contribution in [3.63, 3.8) is 0 Å². The third kappa shape index (κ3) is 5.97. The molecule has 0 saturated heterocycles. The summed E-state index contributed by atoms with van der Waals surface area (Å²) in [6, 6.07) is 6.74. The van der Waals surface area contributed by atoms with Crippen LogP contribution in [0.2, 0.25) is 0 Å². The molecule has 0 aliphatic heterocycles. The number of benzene rings is 2. The highest BCUT2D eigenvalue weighted by Gasteiger charge is 2.22. The highest BCUT2D eigenvalue weighted by atomic mass is 19.1. The number of carboxylic acids is 1. The number of hydrogen-bond acceptors (Lipinski definition) is 6. The molecule has 0 aromatic heterocycles. The van der Waals surface area contributed by atoms with Gasteiger partial charge in [-0.3, -0.25) is 14.4 Å². The van der Waals surface area contributed by atoms with E-state index in [0.29, 0.717) is 5.56 Å². The van der Waals surface area contributed by atoms with E-state index < -0.39 is 29.6 Å². The minimum atomic E-state index is -1.25. The van der Waals surface area contributed by atoms with E-state index in [-0.39, 0.29) is 28.5 Å². The van der Waals surface area contributed by atoms with Gasteiger partial charge in [-0.15, -0.1) is 0 Å². The average molecular weight is 446 g/mol. The van der Waals surface area contributed by atoms with Crippen molar-refractivity contribution in [1.29, 1.82) is 0 Å². The number of ether oxygens (including phenoxy) is 3. The SMILES string of the molecule is COc1cc(C(=O)N/C(=C/c2ccc(F)cc2)C(=O)NC(C)C(=O)O)cc(OC)c1OC. The first-order valence-corrected chi connectivity index (χ1v) is 9.32. The third-order valence-corrected chi connectivity index (χ3v) is 4.32. The number of carboxylic acid groups (broad SMARTS) is 1. The molecule has 0 bridgehead atoms. The van der Waals surface area contributed by atoms with Crippen molar-refractivity contribution in [3.05, 3.63) is 59.0 Å². The van der Waals surface area contributed by atoms with Crippen molar-refractivity contribution in [1.82, 2.24) is 10.6 Å². The average Bonchev–Trinajstić information content (AvgIpc) is 2.78. The molecular weight excluding hydrogens is 423 g/mol. The first kappa shape index (κ1) is 24.2. The van der Waals surface area contributed by atoms with Gasteiger partial charge in [-0.1, -0.05) is 12.1 Å². The minimum Gasteiger partial charge on any atom is -0.493 e. The lowest BCUT2D eigenvalue weighted by Gasteiger charge is -2.16. The van der Waals surface area contributed by atoms with Gasteiger partial charge < -0.3 is 30.0 Å². The minimum absolute atomic E-state index is 0.0867. The lowest BCUT2D eigenvalue weighted by Crippen LogP contribution is -2.42. The summed E-state index contributed by atoms with van der Waals surface area (Å²) in [6.45, 7) is 1.27. The fourth-order valence-electron chi connectivity index (χ4n) is 2.63. The van der Waals surface area contributed by atoms with Crippen LogP contribution in [-0.2, 0) is 9.59 Å². The fourth-order valence-corrected chi connectivity index (χ4v) is 2.63. The predicted molar refractivity (Wildman–Crippen MR) is 113 cm³/mol. The summed E-state index contributed by atoms with van der Waals surface area (Å²) in [4.78, 5) is 36.6.